The summed E-state index contributed by atoms with van der Waals surface area (Å²) in [7, 11) is -1.65. The van der Waals surface area contributed by atoms with Crippen molar-refractivity contribution in [2.75, 3.05) is 12.7 Å². The Kier molecular flexibility index (Phi) is 7.90. The topological polar surface area (TPSA) is 12.0 Å². The van der Waals surface area contributed by atoms with E-state index in [1.807, 2.05) is 0 Å². The van der Waals surface area contributed by atoms with Crippen molar-refractivity contribution in [2.45, 2.75) is 25.7 Å². The second-order valence-corrected chi connectivity index (χ2v) is 10.7. The minimum Gasteiger partial charge on any atom is -0.234 e. The van der Waals surface area contributed by atoms with E-state index in [1.165, 1.54) is 41.3 Å². The molecule has 1 nitrogen and oxygen atoms in total. The quantitative estimate of drug-likeness (QED) is 0.279. The van der Waals surface area contributed by atoms with E-state index in [4.69, 9.17) is 11.8 Å². The summed E-state index contributed by atoms with van der Waals surface area (Å²) in [6.45, 7) is 0.887. The molecule has 0 amide bonds. The van der Waals surface area contributed by atoms with E-state index in [0.29, 0.717) is 0 Å². The maximum absolute atomic E-state index is 5.58. The molecule has 3 aromatic rings. The van der Waals surface area contributed by atoms with Crippen LogP contribution in [0.5, 0.6) is 0 Å². The Hall–Kier alpha value is -1.66. The smallest absolute Gasteiger partial charge is 0.112 e. The number of rotatable bonds is 10. The highest BCUT2D eigenvalue weighted by atomic mass is 35.5. The van der Waals surface area contributed by atoms with Gasteiger partial charge in [-0.25, -0.2) is 4.84 Å². The first kappa shape index (κ1) is 20.1. The summed E-state index contributed by atoms with van der Waals surface area (Å²) in [6.07, 6.45) is 6.04. The van der Waals surface area contributed by atoms with Crippen LogP contribution < -0.4 is 20.7 Å². The summed E-state index contributed by atoms with van der Waals surface area (Å²) in [5.74, 6) is 0. The molecule has 0 aliphatic heterocycles. The van der Waals surface area contributed by atoms with Gasteiger partial charge in [0.1, 0.15) is 23.2 Å². The molecule has 0 heterocycles. The number of benzene rings is 3. The molecular formula is C24H28ClNP+. The van der Waals surface area contributed by atoms with Crippen LogP contribution in [0.4, 0.5) is 0 Å². The van der Waals surface area contributed by atoms with E-state index in [9.17, 15) is 0 Å². The van der Waals surface area contributed by atoms with Gasteiger partial charge < -0.3 is 0 Å². The van der Waals surface area contributed by atoms with Crippen LogP contribution in [0.15, 0.2) is 91.0 Å². The minimum absolute atomic E-state index is 0.887. The highest BCUT2D eigenvalue weighted by molar-refractivity contribution is 7.95. The molecule has 0 radical (unpaired) electrons. The Morgan fingerprint density at radius 1 is 0.556 bits per heavy atom. The largest absolute Gasteiger partial charge is 0.234 e. The fourth-order valence-corrected chi connectivity index (χ4v) is 8.32. The molecule has 3 aromatic carbocycles. The lowest BCUT2D eigenvalue weighted by Gasteiger charge is -2.27. The monoisotopic (exact) mass is 396 g/mol. The number of unbranched alkanes of at least 4 members (excludes halogenated alkanes) is 3. The van der Waals surface area contributed by atoms with Crippen molar-refractivity contribution >= 4 is 35.0 Å². The first-order valence-corrected chi connectivity index (χ1v) is 12.1. The molecule has 3 heteroatoms. The molecule has 0 unspecified atom stereocenters. The standard InChI is InChI=1S/C24H28ClNP/c25-26-20-12-1-2-13-21-27(22-14-6-3-7-15-22,23-16-8-4-9-17-23)24-18-10-5-11-19-24/h3-11,14-19,26H,1-2,12-13,20-21H2/q+1. The third-order valence-electron chi connectivity index (χ3n) is 5.11. The van der Waals surface area contributed by atoms with E-state index < -0.39 is 7.26 Å². The highest BCUT2D eigenvalue weighted by Crippen LogP contribution is 2.55. The predicted octanol–water partition coefficient (Wildman–Crippen LogP) is 5.28. The molecule has 0 aromatic heterocycles. The van der Waals surface area contributed by atoms with Gasteiger partial charge in [-0.05, 0) is 67.4 Å². The summed E-state index contributed by atoms with van der Waals surface area (Å²) in [4.78, 5) is 2.73. The van der Waals surface area contributed by atoms with Crippen molar-refractivity contribution in [3.63, 3.8) is 0 Å². The zero-order valence-corrected chi connectivity index (χ0v) is 17.4. The first-order chi connectivity index (χ1) is 13.4. The van der Waals surface area contributed by atoms with Crippen molar-refractivity contribution in [3.8, 4) is 0 Å². The Bertz CT molecular complexity index is 681. The van der Waals surface area contributed by atoms with E-state index in [-0.39, 0.29) is 0 Å². The summed E-state index contributed by atoms with van der Waals surface area (Å²) < 4.78 is 0. The Balaban J connectivity index is 1.98. The van der Waals surface area contributed by atoms with E-state index in [0.717, 1.165) is 13.0 Å². The maximum atomic E-state index is 5.58. The molecule has 0 saturated heterocycles. The first-order valence-electron chi connectivity index (χ1n) is 9.76. The van der Waals surface area contributed by atoms with Crippen LogP contribution >= 0.6 is 19.0 Å². The average Bonchev–Trinajstić information content (AvgIpc) is 2.75. The Morgan fingerprint density at radius 3 is 1.37 bits per heavy atom. The second-order valence-electron chi connectivity index (χ2n) is 6.84. The van der Waals surface area contributed by atoms with Crippen LogP contribution in [-0.2, 0) is 0 Å². The SMILES string of the molecule is ClNCCCCCC[P+](c1ccccc1)(c1ccccc1)c1ccccc1. The van der Waals surface area contributed by atoms with Gasteiger partial charge in [-0.3, -0.25) is 0 Å². The van der Waals surface area contributed by atoms with Gasteiger partial charge in [0.05, 0.1) is 6.16 Å². The summed E-state index contributed by atoms with van der Waals surface area (Å²) in [6, 6.07) is 33.4. The van der Waals surface area contributed by atoms with Gasteiger partial charge in [0.25, 0.3) is 0 Å². The normalized spacial score (nSPS) is 11.4. The fraction of sp³-hybridized carbons (Fsp3) is 0.250. The molecule has 1 N–H and O–H groups in total. The number of hydrogen-bond acceptors (Lipinski definition) is 1. The van der Waals surface area contributed by atoms with Crippen molar-refractivity contribution in [2.24, 2.45) is 0 Å². The molecule has 0 bridgehead atoms. The molecule has 3 rings (SSSR count). The lowest BCUT2D eigenvalue weighted by atomic mass is 10.2. The van der Waals surface area contributed by atoms with Gasteiger partial charge >= 0.3 is 0 Å². The van der Waals surface area contributed by atoms with Gasteiger partial charge in [0.2, 0.25) is 0 Å². The molecular weight excluding hydrogens is 369 g/mol. The lowest BCUT2D eigenvalue weighted by molar-refractivity contribution is 0.662. The minimum atomic E-state index is -1.65. The van der Waals surface area contributed by atoms with Gasteiger partial charge in [0, 0.05) is 6.54 Å². The van der Waals surface area contributed by atoms with Crippen LogP contribution in [0.3, 0.4) is 0 Å². The van der Waals surface area contributed by atoms with Gasteiger partial charge in [0.15, 0.2) is 0 Å². The molecule has 0 atom stereocenters. The van der Waals surface area contributed by atoms with Crippen LogP contribution in [0.25, 0.3) is 0 Å². The fourth-order valence-electron chi connectivity index (χ4n) is 3.78. The zero-order chi connectivity index (χ0) is 18.8. The van der Waals surface area contributed by atoms with Crippen LogP contribution in [0, 0.1) is 0 Å². The maximum Gasteiger partial charge on any atom is 0.112 e. The van der Waals surface area contributed by atoms with E-state index in [1.54, 1.807) is 0 Å². The van der Waals surface area contributed by atoms with Crippen molar-refractivity contribution in [3.05, 3.63) is 91.0 Å². The summed E-state index contributed by atoms with van der Waals surface area (Å²) >= 11 is 5.58. The molecule has 0 fully saturated rings. The Labute approximate surface area is 169 Å². The summed E-state index contributed by atoms with van der Waals surface area (Å²) in [5, 5.41) is 4.43. The van der Waals surface area contributed by atoms with E-state index in [2.05, 4.69) is 95.8 Å². The Morgan fingerprint density at radius 2 is 0.963 bits per heavy atom. The molecule has 0 aliphatic rings. The third kappa shape index (κ3) is 4.99. The molecule has 0 aliphatic carbocycles. The second kappa shape index (κ2) is 10.6. The molecule has 27 heavy (non-hydrogen) atoms. The van der Waals surface area contributed by atoms with Gasteiger partial charge in [-0.1, -0.05) is 61.0 Å². The number of nitrogens with one attached hydrogen (secondary N) is 1. The van der Waals surface area contributed by atoms with Gasteiger partial charge in [-0.15, -0.1) is 0 Å². The van der Waals surface area contributed by atoms with Crippen LogP contribution in [0.2, 0.25) is 0 Å². The third-order valence-corrected chi connectivity index (χ3v) is 9.82. The number of halogens is 1. The predicted molar refractivity (Wildman–Crippen MR) is 122 cm³/mol. The van der Waals surface area contributed by atoms with Crippen LogP contribution in [0.1, 0.15) is 25.7 Å². The van der Waals surface area contributed by atoms with Gasteiger partial charge in [-0.2, -0.15) is 0 Å². The lowest BCUT2D eigenvalue weighted by Crippen LogP contribution is -2.33. The molecule has 0 spiro atoms. The van der Waals surface area contributed by atoms with Crippen molar-refractivity contribution in [1.82, 2.24) is 4.84 Å². The van der Waals surface area contributed by atoms with Crippen molar-refractivity contribution in [1.29, 1.82) is 0 Å². The molecule has 140 valence electrons. The van der Waals surface area contributed by atoms with Crippen LogP contribution in [-0.4, -0.2) is 12.7 Å². The molecule has 0 saturated carbocycles. The average molecular weight is 397 g/mol. The zero-order valence-electron chi connectivity index (χ0n) is 15.7. The summed E-state index contributed by atoms with van der Waals surface area (Å²) in [5.41, 5.74) is 0. The highest BCUT2D eigenvalue weighted by Gasteiger charge is 2.44. The number of hydrogen-bond donors (Lipinski definition) is 1. The van der Waals surface area contributed by atoms with E-state index >= 15 is 0 Å². The van der Waals surface area contributed by atoms with Crippen molar-refractivity contribution < 1.29 is 0 Å².